The molecule has 0 fully saturated rings. The van der Waals surface area contributed by atoms with E-state index in [-0.39, 0.29) is 0 Å². The number of nitrogens with one attached hydrogen (secondary N) is 2. The van der Waals surface area contributed by atoms with Crippen LogP contribution in [0, 0.1) is 0 Å². The Bertz CT molecular complexity index is 1840. The molecule has 3 aromatic heterocycles. The molecule has 0 aliphatic heterocycles. The average molecular weight is 626 g/mol. The van der Waals surface area contributed by atoms with Gasteiger partial charge in [-0.1, -0.05) is 32.0 Å². The number of aryl methyl sites for hydroxylation is 2. The number of halogens is 1. The number of hydrogen-bond acceptors (Lipinski definition) is 7. The zero-order valence-electron chi connectivity index (χ0n) is 23.4. The molecular weight excluding hydrogens is 592 g/mol. The molecule has 3 aromatic carbocycles. The van der Waals surface area contributed by atoms with Crippen molar-refractivity contribution in [1.29, 1.82) is 0 Å². The molecule has 3 heterocycles. The lowest BCUT2D eigenvalue weighted by Crippen LogP contribution is -2.34. The number of nitrogens with zero attached hydrogens (tertiary/aromatic N) is 3. The Hall–Kier alpha value is -4.80. The number of anilines is 3. The molecule has 10 heteroatoms. The third-order valence-corrected chi connectivity index (χ3v) is 7.55. The second kappa shape index (κ2) is 14.2. The van der Waals surface area contributed by atoms with Crippen LogP contribution >= 0.6 is 15.9 Å². The van der Waals surface area contributed by atoms with Gasteiger partial charge in [-0.25, -0.2) is 10.6 Å². The summed E-state index contributed by atoms with van der Waals surface area (Å²) in [5, 5.41) is 5.97. The van der Waals surface area contributed by atoms with Gasteiger partial charge in [0.25, 0.3) is 0 Å². The minimum Gasteiger partial charge on any atom is -0.398 e. The van der Waals surface area contributed by atoms with Gasteiger partial charge in [-0.3, -0.25) is 20.4 Å². The fraction of sp³-hybridized carbons (Fsp3) is 0.125. The second-order valence-corrected chi connectivity index (χ2v) is 10.0. The van der Waals surface area contributed by atoms with Gasteiger partial charge in [0.05, 0.1) is 16.6 Å². The maximum absolute atomic E-state index is 11.2. The van der Waals surface area contributed by atoms with Gasteiger partial charge in [0, 0.05) is 56.3 Å². The molecule has 6 rings (SSSR count). The van der Waals surface area contributed by atoms with Crippen LogP contribution in [0.3, 0.4) is 0 Å². The Balaban J connectivity index is 0.000000147. The first kappa shape index (κ1) is 30.2. The molecule has 9 nitrogen and oxygen atoms in total. The van der Waals surface area contributed by atoms with Gasteiger partial charge in [0.15, 0.2) is 0 Å². The highest BCUT2D eigenvalue weighted by molar-refractivity contribution is 9.10. The van der Waals surface area contributed by atoms with Gasteiger partial charge in [-0.15, -0.1) is 0 Å². The van der Waals surface area contributed by atoms with E-state index in [0.29, 0.717) is 0 Å². The van der Waals surface area contributed by atoms with E-state index in [1.54, 1.807) is 18.6 Å². The van der Waals surface area contributed by atoms with Crippen molar-refractivity contribution in [3.8, 4) is 0 Å². The largest absolute Gasteiger partial charge is 0.398 e. The highest BCUT2D eigenvalue weighted by Gasteiger charge is 2.08. The maximum Gasteiger partial charge on any atom is 0.333 e. The number of carbonyl (C=O) groups is 1. The standard InChI is InChI=1S/C12H14N4O.C11H12N2.C9H7BrN2/c1-2-8-9-4-3-7-14-10(9)5-6-11(8)15-12(17)16-13;1-2-8-9-4-3-7-13-11(9)6-5-10(8)12;10-9-6-2-1-5-12-8(6)4-3-7(9)11/h3-7H,2,13H2,1H3,(H2,15,16,17);3-7H,2,12H2,1H3;1-5H,11H2. The summed E-state index contributed by atoms with van der Waals surface area (Å²) >= 11 is 3.42. The van der Waals surface area contributed by atoms with Crippen LogP contribution in [0.5, 0.6) is 0 Å². The molecule has 0 atom stereocenters. The molecular formula is C32H33BrN8O. The molecule has 2 amide bonds. The van der Waals surface area contributed by atoms with Crippen LogP contribution in [0.25, 0.3) is 32.7 Å². The van der Waals surface area contributed by atoms with Crippen LogP contribution in [0.4, 0.5) is 21.9 Å². The zero-order valence-corrected chi connectivity index (χ0v) is 25.0. The topological polar surface area (TPSA) is 158 Å². The van der Waals surface area contributed by atoms with Crippen molar-refractivity contribution in [2.75, 3.05) is 16.8 Å². The number of urea groups is 1. The summed E-state index contributed by atoms with van der Waals surface area (Å²) in [6.07, 6.45) is 7.09. The predicted octanol–water partition coefficient (Wildman–Crippen LogP) is 6.75. The predicted molar refractivity (Wildman–Crippen MR) is 177 cm³/mol. The molecule has 42 heavy (non-hydrogen) atoms. The molecule has 214 valence electrons. The monoisotopic (exact) mass is 624 g/mol. The first-order valence-corrected chi connectivity index (χ1v) is 14.2. The Morgan fingerprint density at radius 2 is 1.17 bits per heavy atom. The van der Waals surface area contributed by atoms with Crippen molar-refractivity contribution in [3.05, 3.63) is 107 Å². The Morgan fingerprint density at radius 3 is 1.71 bits per heavy atom. The normalized spacial score (nSPS) is 10.4. The Kier molecular flexibility index (Phi) is 10.2. The number of hydrazine groups is 1. The average Bonchev–Trinajstić information content (AvgIpc) is 3.03. The Morgan fingerprint density at radius 1 is 0.690 bits per heavy atom. The number of carbonyl (C=O) groups excluding carboxylic acids is 1. The smallest absolute Gasteiger partial charge is 0.333 e. The zero-order chi connectivity index (χ0) is 30.1. The fourth-order valence-corrected chi connectivity index (χ4v) is 5.10. The number of nitrogens with two attached hydrogens (primary N) is 3. The lowest BCUT2D eigenvalue weighted by molar-refractivity contribution is 0.252. The highest BCUT2D eigenvalue weighted by atomic mass is 79.9. The number of rotatable bonds is 3. The molecule has 0 aliphatic rings. The van der Waals surface area contributed by atoms with Crippen molar-refractivity contribution in [3.63, 3.8) is 0 Å². The van der Waals surface area contributed by atoms with Crippen molar-refractivity contribution in [2.24, 2.45) is 5.84 Å². The van der Waals surface area contributed by atoms with Crippen LogP contribution in [0.1, 0.15) is 25.0 Å². The summed E-state index contributed by atoms with van der Waals surface area (Å²) < 4.78 is 0.924. The third kappa shape index (κ3) is 6.91. The number of aromatic nitrogens is 3. The number of nitrogen functional groups attached to an aromatic ring is 2. The number of pyridine rings is 3. The minimum atomic E-state index is -0.428. The van der Waals surface area contributed by atoms with E-state index in [9.17, 15) is 4.79 Å². The maximum atomic E-state index is 11.2. The summed E-state index contributed by atoms with van der Waals surface area (Å²) in [7, 11) is 0. The molecule has 0 saturated heterocycles. The highest BCUT2D eigenvalue weighted by Crippen LogP contribution is 2.28. The van der Waals surface area contributed by atoms with E-state index in [2.05, 4.69) is 49.2 Å². The SMILES string of the molecule is CCc1c(N)ccc2ncccc12.CCc1c(NC(=O)NN)ccc2ncccc12.Nc1ccc2ncccc2c1Br. The van der Waals surface area contributed by atoms with E-state index in [4.69, 9.17) is 17.3 Å². The van der Waals surface area contributed by atoms with Crippen LogP contribution in [-0.4, -0.2) is 21.0 Å². The van der Waals surface area contributed by atoms with Gasteiger partial charge >= 0.3 is 6.03 Å². The van der Waals surface area contributed by atoms with E-state index in [0.717, 1.165) is 67.3 Å². The van der Waals surface area contributed by atoms with Crippen molar-refractivity contribution >= 4 is 71.7 Å². The summed E-state index contributed by atoms with van der Waals surface area (Å²) in [4.78, 5) is 24.0. The molecule has 6 aromatic rings. The van der Waals surface area contributed by atoms with E-state index in [1.165, 1.54) is 10.9 Å². The second-order valence-electron chi connectivity index (χ2n) is 9.21. The van der Waals surface area contributed by atoms with E-state index in [1.807, 2.05) is 79.1 Å². The molecule has 0 unspecified atom stereocenters. The molecule has 0 spiro atoms. The first-order chi connectivity index (χ1) is 20.4. The summed E-state index contributed by atoms with van der Waals surface area (Å²) in [6.45, 7) is 4.14. The summed E-state index contributed by atoms with van der Waals surface area (Å²) in [5.41, 5.74) is 21.2. The summed E-state index contributed by atoms with van der Waals surface area (Å²) in [5.74, 6) is 5.05. The van der Waals surface area contributed by atoms with Gasteiger partial charge in [0.2, 0.25) is 0 Å². The van der Waals surface area contributed by atoms with Gasteiger partial charge in [-0.2, -0.15) is 0 Å². The molecule has 0 aliphatic carbocycles. The van der Waals surface area contributed by atoms with Gasteiger partial charge in [0.1, 0.15) is 0 Å². The van der Waals surface area contributed by atoms with E-state index >= 15 is 0 Å². The van der Waals surface area contributed by atoms with Gasteiger partial charge < -0.3 is 16.8 Å². The van der Waals surface area contributed by atoms with Crippen molar-refractivity contribution < 1.29 is 4.79 Å². The van der Waals surface area contributed by atoms with Crippen LogP contribution in [-0.2, 0) is 12.8 Å². The van der Waals surface area contributed by atoms with Crippen LogP contribution in [0.2, 0.25) is 0 Å². The van der Waals surface area contributed by atoms with Gasteiger partial charge in [-0.05, 0) is 94.5 Å². The molecule has 0 bridgehead atoms. The molecule has 8 N–H and O–H groups in total. The number of benzene rings is 3. The van der Waals surface area contributed by atoms with Crippen LogP contribution in [0.15, 0.2) is 95.9 Å². The number of amides is 2. The third-order valence-electron chi connectivity index (χ3n) is 6.67. The molecule has 0 radical (unpaired) electrons. The minimum absolute atomic E-state index is 0.428. The number of hydrogen-bond donors (Lipinski definition) is 5. The Labute approximate surface area is 252 Å². The van der Waals surface area contributed by atoms with Crippen LogP contribution < -0.4 is 28.1 Å². The summed E-state index contributed by atoms with van der Waals surface area (Å²) in [6, 6.07) is 22.7. The van der Waals surface area contributed by atoms with Crippen molar-refractivity contribution in [1.82, 2.24) is 20.4 Å². The molecule has 0 saturated carbocycles. The lowest BCUT2D eigenvalue weighted by Gasteiger charge is -2.11. The van der Waals surface area contributed by atoms with E-state index < -0.39 is 6.03 Å². The fourth-order valence-electron chi connectivity index (χ4n) is 4.63. The quantitative estimate of drug-likeness (QED) is 0.0630. The van der Waals surface area contributed by atoms with Crippen molar-refractivity contribution in [2.45, 2.75) is 26.7 Å². The lowest BCUT2D eigenvalue weighted by atomic mass is 10.0. The number of fused-ring (bicyclic) bond motifs is 3. The first-order valence-electron chi connectivity index (χ1n) is 13.4.